The first-order valence-corrected chi connectivity index (χ1v) is 10.5. The van der Waals surface area contributed by atoms with Crippen LogP contribution in [0.3, 0.4) is 0 Å². The lowest BCUT2D eigenvalue weighted by Crippen LogP contribution is -2.07. The molecule has 32 heavy (non-hydrogen) atoms. The van der Waals surface area contributed by atoms with Crippen LogP contribution < -0.4 is 4.74 Å². The summed E-state index contributed by atoms with van der Waals surface area (Å²) in [5.74, 6) is 0.751. The zero-order valence-electron chi connectivity index (χ0n) is 17.7. The van der Waals surface area contributed by atoms with Gasteiger partial charge in [0.2, 0.25) is 5.90 Å². The highest BCUT2D eigenvalue weighted by Gasteiger charge is 2.24. The van der Waals surface area contributed by atoms with E-state index < -0.39 is 5.97 Å². The first kappa shape index (κ1) is 19.8. The van der Waals surface area contributed by atoms with Crippen molar-refractivity contribution in [1.29, 1.82) is 0 Å². The molecule has 5 rings (SSSR count). The van der Waals surface area contributed by atoms with Gasteiger partial charge in [0.05, 0.1) is 6.54 Å². The van der Waals surface area contributed by atoms with Crippen LogP contribution in [0.25, 0.3) is 17.0 Å². The van der Waals surface area contributed by atoms with Gasteiger partial charge in [-0.05, 0) is 48.9 Å². The van der Waals surface area contributed by atoms with Gasteiger partial charge < -0.3 is 14.0 Å². The average Bonchev–Trinajstić information content (AvgIpc) is 3.35. The molecular weight excluding hydrogens is 400 g/mol. The highest BCUT2D eigenvalue weighted by atomic mass is 16.6. The number of para-hydroxylation sites is 1. The van der Waals surface area contributed by atoms with E-state index in [4.69, 9.17) is 9.47 Å². The lowest BCUT2D eigenvalue weighted by atomic mass is 10.1. The Morgan fingerprint density at radius 2 is 1.81 bits per heavy atom. The molecule has 0 bridgehead atoms. The van der Waals surface area contributed by atoms with Crippen LogP contribution in [0.1, 0.15) is 16.7 Å². The number of esters is 1. The van der Waals surface area contributed by atoms with Gasteiger partial charge >= 0.3 is 5.97 Å². The van der Waals surface area contributed by atoms with E-state index in [1.165, 1.54) is 5.56 Å². The summed E-state index contributed by atoms with van der Waals surface area (Å²) in [6.45, 7) is 3.27. The molecule has 0 saturated heterocycles. The molecular formula is C27H22N2O3. The van der Waals surface area contributed by atoms with Gasteiger partial charge in [-0.2, -0.15) is 0 Å². The average molecular weight is 422 g/mol. The van der Waals surface area contributed by atoms with Gasteiger partial charge in [0, 0.05) is 28.2 Å². The number of hydrogen-bond acceptors (Lipinski definition) is 4. The Balaban J connectivity index is 1.41. The second-order valence-corrected chi connectivity index (χ2v) is 7.66. The number of nitrogens with zero attached hydrogens (tertiary/aromatic N) is 2. The number of cyclic esters (lactones) is 1. The van der Waals surface area contributed by atoms with Crippen molar-refractivity contribution < 1.29 is 14.3 Å². The molecule has 0 amide bonds. The van der Waals surface area contributed by atoms with Crippen molar-refractivity contribution in [3.05, 3.63) is 107 Å². The van der Waals surface area contributed by atoms with Gasteiger partial charge in [0.25, 0.3) is 0 Å². The maximum atomic E-state index is 12.4. The molecule has 4 aromatic rings. The van der Waals surface area contributed by atoms with Gasteiger partial charge in [-0.25, -0.2) is 9.79 Å². The monoisotopic (exact) mass is 422 g/mol. The van der Waals surface area contributed by atoms with Crippen molar-refractivity contribution >= 4 is 28.8 Å². The van der Waals surface area contributed by atoms with Crippen LogP contribution in [0.4, 0.5) is 0 Å². The number of ether oxygens (including phenoxy) is 2. The quantitative estimate of drug-likeness (QED) is 0.310. The molecule has 1 aliphatic heterocycles. The fourth-order valence-electron chi connectivity index (χ4n) is 3.80. The molecule has 5 nitrogen and oxygen atoms in total. The van der Waals surface area contributed by atoms with Crippen LogP contribution in [0, 0.1) is 6.92 Å². The van der Waals surface area contributed by atoms with E-state index >= 15 is 0 Å². The number of benzene rings is 3. The molecule has 0 atom stereocenters. The topological polar surface area (TPSA) is 52.8 Å². The summed E-state index contributed by atoms with van der Waals surface area (Å²) in [4.78, 5) is 16.9. The van der Waals surface area contributed by atoms with Crippen LogP contribution in [0.15, 0.2) is 95.7 Å². The summed E-state index contributed by atoms with van der Waals surface area (Å²) in [6, 6.07) is 25.6. The molecule has 2 heterocycles. The van der Waals surface area contributed by atoms with Crippen molar-refractivity contribution in [3.8, 4) is 5.75 Å². The fraction of sp³-hybridized carbons (Fsp3) is 0.111. The van der Waals surface area contributed by atoms with Gasteiger partial charge in [-0.1, -0.05) is 48.5 Å². The maximum Gasteiger partial charge on any atom is 0.363 e. The Hall–Kier alpha value is -4.12. The zero-order chi connectivity index (χ0) is 21.9. The number of rotatable bonds is 6. The maximum absolute atomic E-state index is 12.4. The number of aliphatic imine (C=N–C) groups is 1. The number of hydrogen-bond donors (Lipinski definition) is 0. The molecule has 0 unspecified atom stereocenters. The van der Waals surface area contributed by atoms with E-state index in [-0.39, 0.29) is 0 Å². The van der Waals surface area contributed by atoms with Gasteiger partial charge in [-0.15, -0.1) is 0 Å². The summed E-state index contributed by atoms with van der Waals surface area (Å²) >= 11 is 0. The normalized spacial score (nSPS) is 14.6. The van der Waals surface area contributed by atoms with E-state index in [9.17, 15) is 4.79 Å². The molecule has 158 valence electrons. The summed E-state index contributed by atoms with van der Waals surface area (Å²) in [5, 5.41) is 1.05. The minimum absolute atomic E-state index is 0.294. The third-order valence-electron chi connectivity index (χ3n) is 5.34. The first-order valence-electron chi connectivity index (χ1n) is 10.5. The summed E-state index contributed by atoms with van der Waals surface area (Å²) < 4.78 is 13.5. The number of fused-ring (bicyclic) bond motifs is 1. The van der Waals surface area contributed by atoms with Gasteiger partial charge in [0.15, 0.2) is 5.70 Å². The Morgan fingerprint density at radius 3 is 2.66 bits per heavy atom. The SMILES string of the molecule is Cc1cccc(OCCn2cc(/C=C3/N=C(c4ccccc4)OC3=O)c3ccccc32)c1. The summed E-state index contributed by atoms with van der Waals surface area (Å²) in [5.41, 5.74) is 4.23. The van der Waals surface area contributed by atoms with Crippen molar-refractivity contribution in [1.82, 2.24) is 4.57 Å². The molecule has 5 heteroatoms. The minimum Gasteiger partial charge on any atom is -0.492 e. The Morgan fingerprint density at radius 1 is 1.00 bits per heavy atom. The molecule has 1 aromatic heterocycles. The van der Waals surface area contributed by atoms with Crippen molar-refractivity contribution in [2.75, 3.05) is 6.61 Å². The van der Waals surface area contributed by atoms with Crippen LogP contribution in [0.2, 0.25) is 0 Å². The van der Waals surface area contributed by atoms with Crippen LogP contribution in [-0.4, -0.2) is 23.0 Å². The van der Waals surface area contributed by atoms with Crippen LogP contribution in [-0.2, 0) is 16.1 Å². The Bertz CT molecular complexity index is 1350. The van der Waals surface area contributed by atoms with E-state index in [1.807, 2.05) is 85.9 Å². The van der Waals surface area contributed by atoms with Crippen molar-refractivity contribution in [2.24, 2.45) is 4.99 Å². The molecule has 0 saturated carbocycles. The third-order valence-corrected chi connectivity index (χ3v) is 5.34. The van der Waals surface area contributed by atoms with E-state index in [2.05, 4.69) is 15.6 Å². The largest absolute Gasteiger partial charge is 0.492 e. The molecule has 3 aromatic carbocycles. The highest BCUT2D eigenvalue weighted by molar-refractivity contribution is 6.13. The number of aromatic nitrogens is 1. The molecule has 0 spiro atoms. The van der Waals surface area contributed by atoms with E-state index in [1.54, 1.807) is 6.08 Å². The molecule has 0 N–H and O–H groups in total. The highest BCUT2D eigenvalue weighted by Crippen LogP contribution is 2.26. The second kappa shape index (κ2) is 8.55. The lowest BCUT2D eigenvalue weighted by molar-refractivity contribution is -0.129. The predicted octanol–water partition coefficient (Wildman–Crippen LogP) is 5.37. The van der Waals surface area contributed by atoms with E-state index in [0.717, 1.165) is 27.8 Å². The van der Waals surface area contributed by atoms with Crippen LogP contribution in [0.5, 0.6) is 5.75 Å². The minimum atomic E-state index is -0.441. The molecule has 0 fully saturated rings. The number of aryl methyl sites for hydroxylation is 1. The van der Waals surface area contributed by atoms with Gasteiger partial charge in [0.1, 0.15) is 12.4 Å². The lowest BCUT2D eigenvalue weighted by Gasteiger charge is -2.08. The Kier molecular flexibility index (Phi) is 5.30. The van der Waals surface area contributed by atoms with Crippen LogP contribution >= 0.6 is 0 Å². The van der Waals surface area contributed by atoms with Crippen molar-refractivity contribution in [2.45, 2.75) is 13.5 Å². The standard InChI is InChI=1S/C27H22N2O3/c1-19-8-7-11-22(16-19)31-15-14-29-18-21(23-12-5-6-13-25(23)29)17-24-27(30)32-26(28-24)20-9-3-2-4-10-20/h2-13,16-18H,14-15H2,1H3/b24-17+. The summed E-state index contributed by atoms with van der Waals surface area (Å²) in [7, 11) is 0. The zero-order valence-corrected chi connectivity index (χ0v) is 17.7. The summed E-state index contributed by atoms with van der Waals surface area (Å²) in [6.07, 6.45) is 3.82. The third kappa shape index (κ3) is 4.05. The molecule has 0 aliphatic carbocycles. The number of carbonyl (C=O) groups excluding carboxylic acids is 1. The predicted molar refractivity (Wildman–Crippen MR) is 126 cm³/mol. The van der Waals surface area contributed by atoms with Gasteiger partial charge in [-0.3, -0.25) is 0 Å². The Labute approximate surface area is 186 Å². The second-order valence-electron chi connectivity index (χ2n) is 7.66. The van der Waals surface area contributed by atoms with Crippen molar-refractivity contribution in [3.63, 3.8) is 0 Å². The smallest absolute Gasteiger partial charge is 0.363 e. The fourth-order valence-corrected chi connectivity index (χ4v) is 3.80. The number of carbonyl (C=O) groups is 1. The molecule has 1 aliphatic rings. The van der Waals surface area contributed by atoms with E-state index in [0.29, 0.717) is 24.7 Å². The first-order chi connectivity index (χ1) is 15.7. The molecule has 0 radical (unpaired) electrons.